The molecule has 90 valence electrons. The lowest BCUT2D eigenvalue weighted by Gasteiger charge is -2.05. The fourth-order valence-corrected chi connectivity index (χ4v) is 2.31. The maximum absolute atomic E-state index is 11.9. The zero-order valence-electron chi connectivity index (χ0n) is 9.72. The number of rotatable bonds is 4. The number of hydrogen-bond acceptors (Lipinski definition) is 4. The van der Waals surface area contributed by atoms with E-state index in [1.165, 1.54) is 0 Å². The summed E-state index contributed by atoms with van der Waals surface area (Å²) in [5.41, 5.74) is 7.97. The topological polar surface area (TPSA) is 60.4 Å². The van der Waals surface area contributed by atoms with Gasteiger partial charge in [0.25, 0.3) is 5.56 Å². The molecule has 0 aromatic carbocycles. The highest BCUT2D eigenvalue weighted by Gasteiger charge is 2.04. The molecule has 2 heterocycles. The first kappa shape index (κ1) is 12.1. The molecular formula is C12H15N3OS. The van der Waals surface area contributed by atoms with Gasteiger partial charge in [-0.15, -0.1) is 0 Å². The van der Waals surface area contributed by atoms with E-state index in [0.29, 0.717) is 6.54 Å². The summed E-state index contributed by atoms with van der Waals surface area (Å²) in [7, 11) is 0. The monoisotopic (exact) mass is 249 g/mol. The highest BCUT2D eigenvalue weighted by atomic mass is 32.2. The second-order valence-corrected chi connectivity index (χ2v) is 4.92. The van der Waals surface area contributed by atoms with Crippen molar-refractivity contribution in [1.29, 1.82) is 0 Å². The van der Waals surface area contributed by atoms with E-state index < -0.39 is 0 Å². The van der Waals surface area contributed by atoms with Gasteiger partial charge in [-0.3, -0.25) is 9.20 Å². The Kier molecular flexibility index (Phi) is 3.81. The molecule has 0 radical (unpaired) electrons. The van der Waals surface area contributed by atoms with Crippen molar-refractivity contribution in [2.24, 2.45) is 5.73 Å². The van der Waals surface area contributed by atoms with E-state index in [4.69, 9.17) is 5.73 Å². The molecule has 0 amide bonds. The van der Waals surface area contributed by atoms with Gasteiger partial charge >= 0.3 is 0 Å². The largest absolute Gasteiger partial charge is 0.330 e. The van der Waals surface area contributed by atoms with E-state index in [-0.39, 0.29) is 5.56 Å². The molecule has 0 saturated heterocycles. The maximum atomic E-state index is 11.9. The molecule has 0 fully saturated rings. The van der Waals surface area contributed by atoms with Crippen molar-refractivity contribution < 1.29 is 0 Å². The summed E-state index contributed by atoms with van der Waals surface area (Å²) >= 11 is 1.69. The summed E-state index contributed by atoms with van der Waals surface area (Å²) in [6.07, 6.45) is 1.74. The molecule has 2 rings (SSSR count). The van der Waals surface area contributed by atoms with Gasteiger partial charge in [-0.1, -0.05) is 6.07 Å². The molecule has 0 atom stereocenters. The molecule has 0 aliphatic rings. The Labute approximate surface area is 104 Å². The molecule has 2 aromatic heterocycles. The first-order valence-electron chi connectivity index (χ1n) is 5.48. The zero-order valence-corrected chi connectivity index (χ0v) is 10.5. The van der Waals surface area contributed by atoms with Gasteiger partial charge in [0.2, 0.25) is 0 Å². The van der Waals surface area contributed by atoms with Crippen LogP contribution in [0.25, 0.3) is 5.65 Å². The Hall–Kier alpha value is -1.33. The minimum Gasteiger partial charge on any atom is -0.330 e. The molecule has 0 spiro atoms. The summed E-state index contributed by atoms with van der Waals surface area (Å²) < 4.78 is 1.58. The average molecular weight is 249 g/mol. The summed E-state index contributed by atoms with van der Waals surface area (Å²) in [5.74, 6) is 1.62. The second-order valence-electron chi connectivity index (χ2n) is 3.81. The third-order valence-electron chi connectivity index (χ3n) is 2.45. The third kappa shape index (κ3) is 2.68. The van der Waals surface area contributed by atoms with Crippen molar-refractivity contribution in [3.05, 3.63) is 46.0 Å². The van der Waals surface area contributed by atoms with Gasteiger partial charge in [0.15, 0.2) is 0 Å². The van der Waals surface area contributed by atoms with Crippen LogP contribution in [0.15, 0.2) is 29.2 Å². The van der Waals surface area contributed by atoms with E-state index in [1.807, 2.05) is 19.1 Å². The Bertz CT molecular complexity index is 579. The molecule has 2 N–H and O–H groups in total. The van der Waals surface area contributed by atoms with Crippen LogP contribution in [0, 0.1) is 6.92 Å². The number of fused-ring (bicyclic) bond motifs is 1. The van der Waals surface area contributed by atoms with Crippen molar-refractivity contribution in [1.82, 2.24) is 9.38 Å². The Morgan fingerprint density at radius 2 is 2.35 bits per heavy atom. The van der Waals surface area contributed by atoms with Gasteiger partial charge in [-0.2, -0.15) is 11.8 Å². The van der Waals surface area contributed by atoms with Gasteiger partial charge in [-0.25, -0.2) is 4.98 Å². The van der Waals surface area contributed by atoms with Crippen LogP contribution in [0.5, 0.6) is 0 Å². The van der Waals surface area contributed by atoms with Crippen LogP contribution in [0.2, 0.25) is 0 Å². The number of pyridine rings is 1. The number of nitrogens with zero attached hydrogens (tertiary/aromatic N) is 2. The number of aryl methyl sites for hydroxylation is 1. The smallest absolute Gasteiger partial charge is 0.258 e. The van der Waals surface area contributed by atoms with E-state index in [1.54, 1.807) is 28.4 Å². The SMILES string of the molecule is Cc1cccn2c(=O)cc(CSCCN)nc12. The van der Waals surface area contributed by atoms with Crippen LogP contribution in [-0.2, 0) is 5.75 Å². The maximum Gasteiger partial charge on any atom is 0.258 e. The molecule has 0 bridgehead atoms. The molecular weight excluding hydrogens is 234 g/mol. The summed E-state index contributed by atoms with van der Waals surface area (Å²) in [6.45, 7) is 2.61. The molecule has 5 heteroatoms. The van der Waals surface area contributed by atoms with Crippen molar-refractivity contribution in [2.45, 2.75) is 12.7 Å². The minimum absolute atomic E-state index is 0.0259. The van der Waals surface area contributed by atoms with Gasteiger partial charge in [0.1, 0.15) is 5.65 Å². The lowest BCUT2D eigenvalue weighted by Crippen LogP contribution is -2.16. The van der Waals surface area contributed by atoms with Gasteiger partial charge in [0, 0.05) is 30.3 Å². The highest BCUT2D eigenvalue weighted by Crippen LogP contribution is 2.10. The summed E-state index contributed by atoms with van der Waals surface area (Å²) in [5, 5.41) is 0. The van der Waals surface area contributed by atoms with Gasteiger partial charge in [-0.05, 0) is 18.6 Å². The third-order valence-corrected chi connectivity index (χ3v) is 3.48. The summed E-state index contributed by atoms with van der Waals surface area (Å²) in [6, 6.07) is 5.41. The molecule has 0 aliphatic carbocycles. The van der Waals surface area contributed by atoms with Gasteiger partial charge in [0.05, 0.1) is 5.69 Å². The lowest BCUT2D eigenvalue weighted by atomic mass is 10.3. The zero-order chi connectivity index (χ0) is 12.3. The Morgan fingerprint density at radius 3 is 3.12 bits per heavy atom. The van der Waals surface area contributed by atoms with E-state index in [0.717, 1.165) is 28.4 Å². The highest BCUT2D eigenvalue weighted by molar-refractivity contribution is 7.98. The first-order chi connectivity index (χ1) is 8.22. The van der Waals surface area contributed by atoms with Crippen molar-refractivity contribution in [2.75, 3.05) is 12.3 Å². The number of hydrogen-bond donors (Lipinski definition) is 1. The predicted octanol–water partition coefficient (Wildman–Crippen LogP) is 1.19. The van der Waals surface area contributed by atoms with Crippen molar-refractivity contribution >= 4 is 17.4 Å². The van der Waals surface area contributed by atoms with E-state index >= 15 is 0 Å². The fraction of sp³-hybridized carbons (Fsp3) is 0.333. The van der Waals surface area contributed by atoms with E-state index in [2.05, 4.69) is 4.98 Å². The number of aromatic nitrogens is 2. The van der Waals surface area contributed by atoms with Crippen LogP contribution < -0.4 is 11.3 Å². The fourth-order valence-electron chi connectivity index (χ4n) is 1.64. The van der Waals surface area contributed by atoms with Crippen LogP contribution in [-0.4, -0.2) is 21.7 Å². The first-order valence-corrected chi connectivity index (χ1v) is 6.63. The summed E-state index contributed by atoms with van der Waals surface area (Å²) in [4.78, 5) is 16.4. The number of nitrogens with two attached hydrogens (primary N) is 1. The standard InChI is InChI=1S/C12H15N3OS/c1-9-3-2-5-15-11(16)7-10(14-12(9)15)8-17-6-4-13/h2-3,5,7H,4,6,8,13H2,1H3. The molecule has 17 heavy (non-hydrogen) atoms. The molecule has 0 saturated carbocycles. The van der Waals surface area contributed by atoms with Crippen LogP contribution >= 0.6 is 11.8 Å². The molecule has 0 aliphatic heterocycles. The number of thioether (sulfide) groups is 1. The minimum atomic E-state index is -0.0259. The quantitative estimate of drug-likeness (QED) is 0.827. The predicted molar refractivity (Wildman–Crippen MR) is 71.4 cm³/mol. The normalized spacial score (nSPS) is 10.9. The second kappa shape index (κ2) is 5.33. The average Bonchev–Trinajstić information content (AvgIpc) is 2.31. The van der Waals surface area contributed by atoms with Crippen LogP contribution in [0.4, 0.5) is 0 Å². The molecule has 2 aromatic rings. The van der Waals surface area contributed by atoms with Crippen molar-refractivity contribution in [3.63, 3.8) is 0 Å². The lowest BCUT2D eigenvalue weighted by molar-refractivity contribution is 1.000. The molecule has 0 unspecified atom stereocenters. The van der Waals surface area contributed by atoms with Crippen LogP contribution in [0.1, 0.15) is 11.3 Å². The van der Waals surface area contributed by atoms with Crippen LogP contribution in [0.3, 0.4) is 0 Å². The Balaban J connectivity index is 2.40. The molecule has 4 nitrogen and oxygen atoms in total. The van der Waals surface area contributed by atoms with E-state index in [9.17, 15) is 4.79 Å². The van der Waals surface area contributed by atoms with Gasteiger partial charge < -0.3 is 5.73 Å². The Morgan fingerprint density at radius 1 is 1.53 bits per heavy atom. The van der Waals surface area contributed by atoms with Crippen molar-refractivity contribution in [3.8, 4) is 0 Å².